The highest BCUT2D eigenvalue weighted by Gasteiger charge is 2.51. The molecule has 0 saturated carbocycles. The number of aliphatic hydroxyl groups is 1. The van der Waals surface area contributed by atoms with E-state index in [2.05, 4.69) is 5.32 Å². The molecule has 2 atom stereocenters. The first-order valence-corrected chi connectivity index (χ1v) is 9.85. The largest absolute Gasteiger partial charge is 0.469 e. The van der Waals surface area contributed by atoms with Gasteiger partial charge in [-0.25, -0.2) is 9.59 Å². The minimum atomic E-state index is -1.25. The second-order valence-corrected chi connectivity index (χ2v) is 9.49. The monoisotopic (exact) mass is 416 g/mol. The van der Waals surface area contributed by atoms with E-state index in [9.17, 15) is 19.5 Å². The van der Waals surface area contributed by atoms with Crippen LogP contribution in [-0.4, -0.2) is 71.7 Å². The molecule has 2 amide bonds. The van der Waals surface area contributed by atoms with Crippen LogP contribution in [0, 0.1) is 5.41 Å². The van der Waals surface area contributed by atoms with Crippen LogP contribution >= 0.6 is 0 Å². The van der Waals surface area contributed by atoms with Crippen LogP contribution in [0.3, 0.4) is 0 Å². The van der Waals surface area contributed by atoms with Crippen molar-refractivity contribution in [2.75, 3.05) is 20.2 Å². The highest BCUT2D eigenvalue weighted by molar-refractivity contribution is 5.79. The number of nitrogens with one attached hydrogen (secondary N) is 1. The summed E-state index contributed by atoms with van der Waals surface area (Å²) in [7, 11) is 1.25. The zero-order chi connectivity index (χ0) is 22.6. The summed E-state index contributed by atoms with van der Waals surface area (Å²) >= 11 is 0. The fourth-order valence-corrected chi connectivity index (χ4v) is 3.29. The molecule has 1 aliphatic heterocycles. The number of ether oxygens (including phenoxy) is 3. The lowest BCUT2D eigenvalue weighted by Crippen LogP contribution is -2.58. The highest BCUT2D eigenvalue weighted by atomic mass is 16.6. The molecule has 1 saturated heterocycles. The summed E-state index contributed by atoms with van der Waals surface area (Å²) in [5, 5.41) is 13.5. The predicted octanol–water partition coefficient (Wildman–Crippen LogP) is 2.45. The predicted molar refractivity (Wildman–Crippen MR) is 106 cm³/mol. The third kappa shape index (κ3) is 7.06. The second-order valence-electron chi connectivity index (χ2n) is 9.49. The lowest BCUT2D eigenvalue weighted by Gasteiger charge is -2.44. The van der Waals surface area contributed by atoms with E-state index >= 15 is 0 Å². The Morgan fingerprint density at radius 3 is 1.90 bits per heavy atom. The van der Waals surface area contributed by atoms with Gasteiger partial charge in [0.05, 0.1) is 24.7 Å². The van der Waals surface area contributed by atoms with Crippen LogP contribution in [0.1, 0.15) is 61.3 Å². The molecule has 1 heterocycles. The maximum absolute atomic E-state index is 12.6. The number of methoxy groups -OCH3 is 1. The van der Waals surface area contributed by atoms with Gasteiger partial charge in [-0.15, -0.1) is 0 Å². The van der Waals surface area contributed by atoms with Crippen LogP contribution in [0.4, 0.5) is 9.59 Å². The third-order valence-corrected chi connectivity index (χ3v) is 4.68. The van der Waals surface area contributed by atoms with Crippen molar-refractivity contribution in [1.82, 2.24) is 10.2 Å². The van der Waals surface area contributed by atoms with E-state index in [0.29, 0.717) is 0 Å². The summed E-state index contributed by atoms with van der Waals surface area (Å²) in [4.78, 5) is 38.4. The fraction of sp³-hybridized carbons (Fsp3) is 0.850. The van der Waals surface area contributed by atoms with Gasteiger partial charge in [-0.05, 0) is 61.3 Å². The number of amides is 2. The van der Waals surface area contributed by atoms with Gasteiger partial charge in [0.2, 0.25) is 0 Å². The van der Waals surface area contributed by atoms with E-state index in [1.165, 1.54) is 12.0 Å². The molecule has 0 aromatic rings. The van der Waals surface area contributed by atoms with Crippen LogP contribution < -0.4 is 5.32 Å². The van der Waals surface area contributed by atoms with E-state index in [-0.39, 0.29) is 25.9 Å². The number of piperidine rings is 1. The lowest BCUT2D eigenvalue weighted by molar-refractivity contribution is -0.167. The van der Waals surface area contributed by atoms with Crippen LogP contribution in [0.5, 0.6) is 0 Å². The number of esters is 1. The van der Waals surface area contributed by atoms with Gasteiger partial charge in [-0.2, -0.15) is 0 Å². The molecule has 1 rings (SSSR count). The van der Waals surface area contributed by atoms with Crippen molar-refractivity contribution >= 4 is 18.2 Å². The number of likely N-dealkylation sites (tertiary alicyclic amines) is 1. The summed E-state index contributed by atoms with van der Waals surface area (Å²) in [6, 6.07) is -0.767. The molecule has 0 bridgehead atoms. The first-order valence-electron chi connectivity index (χ1n) is 9.85. The van der Waals surface area contributed by atoms with Gasteiger partial charge >= 0.3 is 18.2 Å². The molecule has 2 unspecified atom stereocenters. The number of nitrogens with zero attached hydrogens (tertiary/aromatic N) is 1. The Hall–Kier alpha value is -2.03. The number of carbonyl (C=O) groups is 3. The standard InChI is InChI=1S/C20H36N2O7/c1-13(21-16(25)28-18(2,3)4)14(23)20(15(24)27-8)9-11-22(12-10-20)17(26)29-19(5,6)7/h13-14,23H,9-12H2,1-8H3,(H,21,25). The summed E-state index contributed by atoms with van der Waals surface area (Å²) in [5.74, 6) is -0.577. The van der Waals surface area contributed by atoms with Gasteiger partial charge in [-0.3, -0.25) is 4.79 Å². The molecule has 0 aromatic carbocycles. The molecular formula is C20H36N2O7. The van der Waals surface area contributed by atoms with Crippen LogP contribution in [0.15, 0.2) is 0 Å². The summed E-state index contributed by atoms with van der Waals surface area (Å²) in [5.41, 5.74) is -2.56. The average Bonchev–Trinajstić information content (AvgIpc) is 2.57. The second kappa shape index (κ2) is 9.19. The molecule has 0 aromatic heterocycles. The molecule has 29 heavy (non-hydrogen) atoms. The van der Waals surface area contributed by atoms with Crippen molar-refractivity contribution in [3.8, 4) is 0 Å². The molecule has 0 aliphatic carbocycles. The number of hydrogen-bond acceptors (Lipinski definition) is 7. The van der Waals surface area contributed by atoms with Gasteiger partial charge in [0.1, 0.15) is 11.2 Å². The summed E-state index contributed by atoms with van der Waals surface area (Å²) in [6.45, 7) is 12.6. The zero-order valence-corrected chi connectivity index (χ0v) is 18.8. The molecule has 0 radical (unpaired) electrons. The van der Waals surface area contributed by atoms with Crippen molar-refractivity contribution in [2.45, 2.75) is 84.7 Å². The minimum absolute atomic E-state index is 0.181. The van der Waals surface area contributed by atoms with Crippen LogP contribution in [0.2, 0.25) is 0 Å². The average molecular weight is 417 g/mol. The summed E-state index contributed by atoms with van der Waals surface area (Å²) in [6.07, 6.45) is -2.01. The van der Waals surface area contributed by atoms with E-state index in [1.54, 1.807) is 48.5 Å². The highest BCUT2D eigenvalue weighted by Crippen LogP contribution is 2.38. The van der Waals surface area contributed by atoms with Crippen molar-refractivity contribution < 1.29 is 33.7 Å². The normalized spacial score (nSPS) is 19.0. The minimum Gasteiger partial charge on any atom is -0.469 e. The SMILES string of the molecule is COC(=O)C1(C(O)C(C)NC(=O)OC(C)(C)C)CCN(C(=O)OC(C)(C)C)CC1. The number of hydrogen-bond donors (Lipinski definition) is 2. The number of rotatable bonds is 4. The fourth-order valence-electron chi connectivity index (χ4n) is 3.29. The van der Waals surface area contributed by atoms with Crippen molar-refractivity contribution in [3.05, 3.63) is 0 Å². The van der Waals surface area contributed by atoms with Gasteiger partial charge in [-0.1, -0.05) is 0 Å². The van der Waals surface area contributed by atoms with Crippen molar-refractivity contribution in [3.63, 3.8) is 0 Å². The Morgan fingerprint density at radius 1 is 1.00 bits per heavy atom. The maximum atomic E-state index is 12.6. The Morgan fingerprint density at radius 2 is 1.48 bits per heavy atom. The molecule has 9 nitrogen and oxygen atoms in total. The first-order chi connectivity index (χ1) is 13.1. The Kier molecular flexibility index (Phi) is 7.93. The maximum Gasteiger partial charge on any atom is 0.410 e. The first kappa shape index (κ1) is 25.0. The van der Waals surface area contributed by atoms with E-state index in [0.717, 1.165) is 0 Å². The van der Waals surface area contributed by atoms with Crippen molar-refractivity contribution in [1.29, 1.82) is 0 Å². The van der Waals surface area contributed by atoms with Crippen LogP contribution in [-0.2, 0) is 19.0 Å². The molecule has 1 fully saturated rings. The molecule has 2 N–H and O–H groups in total. The molecule has 9 heteroatoms. The third-order valence-electron chi connectivity index (χ3n) is 4.68. The van der Waals surface area contributed by atoms with Gasteiger partial charge < -0.3 is 29.5 Å². The van der Waals surface area contributed by atoms with Gasteiger partial charge in [0.25, 0.3) is 0 Å². The van der Waals surface area contributed by atoms with Gasteiger partial charge in [0.15, 0.2) is 0 Å². The van der Waals surface area contributed by atoms with Gasteiger partial charge in [0, 0.05) is 13.1 Å². The smallest absolute Gasteiger partial charge is 0.410 e. The lowest BCUT2D eigenvalue weighted by atomic mass is 9.71. The summed E-state index contributed by atoms with van der Waals surface area (Å²) < 4.78 is 15.5. The van der Waals surface area contributed by atoms with E-state index in [4.69, 9.17) is 14.2 Å². The van der Waals surface area contributed by atoms with E-state index < -0.39 is 46.9 Å². The topological polar surface area (TPSA) is 114 Å². The Balaban J connectivity index is 2.88. The quantitative estimate of drug-likeness (QED) is 0.534. The number of aliphatic hydroxyl groups excluding tert-OH is 1. The molecule has 168 valence electrons. The zero-order valence-electron chi connectivity index (χ0n) is 18.8. The van der Waals surface area contributed by atoms with Crippen LogP contribution in [0.25, 0.3) is 0 Å². The number of carbonyl (C=O) groups excluding carboxylic acids is 3. The Labute approximate surface area is 173 Å². The van der Waals surface area contributed by atoms with Crippen molar-refractivity contribution in [2.24, 2.45) is 5.41 Å². The number of alkyl carbamates (subject to hydrolysis) is 1. The molecule has 0 spiro atoms. The molecule has 1 aliphatic rings. The van der Waals surface area contributed by atoms with E-state index in [1.807, 2.05) is 0 Å². The Bertz CT molecular complexity index is 599. The molecular weight excluding hydrogens is 380 g/mol.